The number of nitrogens with one attached hydrogen (secondary N) is 1. The highest BCUT2D eigenvalue weighted by atomic mass is 16.6. The maximum absolute atomic E-state index is 12.5. The molecule has 2 rings (SSSR count). The summed E-state index contributed by atoms with van der Waals surface area (Å²) in [5, 5.41) is 12.4. The predicted octanol–water partition coefficient (Wildman–Crippen LogP) is 2.84. The first-order valence-corrected chi connectivity index (χ1v) is 10.2. The van der Waals surface area contributed by atoms with Crippen LogP contribution in [0.4, 0.5) is 10.5 Å². The molecule has 1 amide bonds. The molecule has 11 nitrogen and oxygen atoms in total. The fourth-order valence-electron chi connectivity index (χ4n) is 3.05. The van der Waals surface area contributed by atoms with Crippen LogP contribution in [-0.2, 0) is 35.0 Å². The highest BCUT2D eigenvalue weighted by Crippen LogP contribution is 2.32. The minimum absolute atomic E-state index is 0.0645. The van der Waals surface area contributed by atoms with Gasteiger partial charge in [-0.3, -0.25) is 19.7 Å². The molecule has 1 unspecified atom stereocenters. The normalized spacial score (nSPS) is 12.7. The van der Waals surface area contributed by atoms with Gasteiger partial charge in [0, 0.05) is 12.0 Å². The molecule has 0 saturated heterocycles. The van der Waals surface area contributed by atoms with Gasteiger partial charge in [-0.05, 0) is 20.8 Å². The SMILES string of the molecule is COC(=O)CC(Cc1ncc(NC(=O)OC(C)(C)C)c(-c2ccccc2)n1)(C(=O)O)C(=O)OC. The van der Waals surface area contributed by atoms with Crippen molar-refractivity contribution in [1.82, 2.24) is 9.97 Å². The van der Waals surface area contributed by atoms with Crippen molar-refractivity contribution in [3.63, 3.8) is 0 Å². The van der Waals surface area contributed by atoms with E-state index in [-0.39, 0.29) is 17.2 Å². The Kier molecular flexibility index (Phi) is 8.28. The number of anilines is 1. The Labute approximate surface area is 196 Å². The van der Waals surface area contributed by atoms with Gasteiger partial charge in [-0.1, -0.05) is 30.3 Å². The summed E-state index contributed by atoms with van der Waals surface area (Å²) in [6.45, 7) is 5.14. The topological polar surface area (TPSA) is 154 Å². The highest BCUT2D eigenvalue weighted by Gasteiger charge is 2.50. The lowest BCUT2D eigenvalue weighted by atomic mass is 9.80. The molecule has 0 aliphatic carbocycles. The van der Waals surface area contributed by atoms with Gasteiger partial charge in [0.25, 0.3) is 0 Å². The highest BCUT2D eigenvalue weighted by molar-refractivity contribution is 6.02. The molecular weight excluding hydrogens is 446 g/mol. The van der Waals surface area contributed by atoms with Gasteiger partial charge < -0.3 is 19.3 Å². The van der Waals surface area contributed by atoms with E-state index < -0.39 is 47.9 Å². The van der Waals surface area contributed by atoms with Crippen molar-refractivity contribution in [2.45, 2.75) is 39.2 Å². The summed E-state index contributed by atoms with van der Waals surface area (Å²) in [5.41, 5.74) is -2.00. The fraction of sp³-hybridized carbons (Fsp3) is 0.391. The molecule has 182 valence electrons. The van der Waals surface area contributed by atoms with Crippen molar-refractivity contribution in [2.75, 3.05) is 19.5 Å². The zero-order valence-electron chi connectivity index (χ0n) is 19.6. The fourth-order valence-corrected chi connectivity index (χ4v) is 3.05. The van der Waals surface area contributed by atoms with Gasteiger partial charge in [0.15, 0.2) is 5.41 Å². The Morgan fingerprint density at radius 2 is 1.68 bits per heavy atom. The molecule has 0 saturated carbocycles. The van der Waals surface area contributed by atoms with Crippen LogP contribution >= 0.6 is 0 Å². The first kappa shape index (κ1) is 26.2. The van der Waals surface area contributed by atoms with Gasteiger partial charge in [-0.15, -0.1) is 0 Å². The minimum atomic E-state index is -2.31. The summed E-state index contributed by atoms with van der Waals surface area (Å²) in [4.78, 5) is 57.4. The third kappa shape index (κ3) is 6.50. The zero-order valence-corrected chi connectivity index (χ0v) is 19.6. The van der Waals surface area contributed by atoms with Crippen LogP contribution < -0.4 is 5.32 Å². The monoisotopic (exact) mass is 473 g/mol. The number of ether oxygens (including phenoxy) is 3. The molecular formula is C23H27N3O8. The van der Waals surface area contributed by atoms with Crippen molar-refractivity contribution >= 4 is 29.7 Å². The molecule has 1 atom stereocenters. The second-order valence-electron chi connectivity index (χ2n) is 8.35. The van der Waals surface area contributed by atoms with Crippen LogP contribution in [0.2, 0.25) is 0 Å². The number of carboxylic acids is 1. The third-order valence-corrected chi connectivity index (χ3v) is 4.64. The van der Waals surface area contributed by atoms with Crippen molar-refractivity contribution in [3.8, 4) is 11.3 Å². The van der Waals surface area contributed by atoms with Crippen LogP contribution in [0.15, 0.2) is 36.5 Å². The van der Waals surface area contributed by atoms with E-state index in [0.29, 0.717) is 5.56 Å². The van der Waals surface area contributed by atoms with Gasteiger partial charge in [0.1, 0.15) is 11.4 Å². The van der Waals surface area contributed by atoms with Crippen molar-refractivity contribution in [3.05, 3.63) is 42.4 Å². The molecule has 0 spiro atoms. The molecule has 34 heavy (non-hydrogen) atoms. The second kappa shape index (κ2) is 10.7. The summed E-state index contributed by atoms with van der Waals surface area (Å²) >= 11 is 0. The molecule has 0 aliphatic rings. The number of aromatic nitrogens is 2. The Balaban J connectivity index is 2.55. The van der Waals surface area contributed by atoms with Gasteiger partial charge in [-0.25, -0.2) is 14.8 Å². The number of hydrogen-bond acceptors (Lipinski definition) is 9. The van der Waals surface area contributed by atoms with E-state index in [9.17, 15) is 24.3 Å². The Morgan fingerprint density at radius 1 is 1.03 bits per heavy atom. The quantitative estimate of drug-likeness (QED) is 0.332. The average molecular weight is 473 g/mol. The summed E-state index contributed by atoms with van der Waals surface area (Å²) in [7, 11) is 2.09. The number of methoxy groups -OCH3 is 2. The molecule has 0 fully saturated rings. The second-order valence-corrected chi connectivity index (χ2v) is 8.35. The number of esters is 2. The largest absolute Gasteiger partial charge is 0.480 e. The van der Waals surface area contributed by atoms with E-state index in [4.69, 9.17) is 4.74 Å². The predicted molar refractivity (Wildman–Crippen MR) is 120 cm³/mol. The maximum atomic E-state index is 12.5. The van der Waals surface area contributed by atoms with Crippen LogP contribution in [0.5, 0.6) is 0 Å². The van der Waals surface area contributed by atoms with Gasteiger partial charge in [0.05, 0.1) is 38.2 Å². The number of benzene rings is 1. The molecule has 1 aromatic carbocycles. The number of amides is 1. The lowest BCUT2D eigenvalue weighted by molar-refractivity contribution is -0.172. The molecule has 0 aliphatic heterocycles. The first-order valence-electron chi connectivity index (χ1n) is 10.2. The third-order valence-electron chi connectivity index (χ3n) is 4.64. The van der Waals surface area contributed by atoms with Gasteiger partial charge in [-0.2, -0.15) is 0 Å². The summed E-state index contributed by atoms with van der Waals surface area (Å²) in [6, 6.07) is 8.75. The van der Waals surface area contributed by atoms with Gasteiger partial charge >= 0.3 is 24.0 Å². The standard InChI is InChI=1S/C23H27N3O8/c1-22(2,3)34-21(31)25-15-13-24-16(26-18(15)14-9-7-6-8-10-14)11-23(19(28)29,20(30)33-5)12-17(27)32-4/h6-10,13H,11-12H2,1-5H3,(H,25,31)(H,28,29). The number of hydrogen-bond donors (Lipinski definition) is 2. The molecule has 1 aromatic heterocycles. The van der Waals surface area contributed by atoms with E-state index in [1.807, 2.05) is 0 Å². The van der Waals surface area contributed by atoms with Crippen molar-refractivity contribution < 1.29 is 38.5 Å². The molecule has 1 heterocycles. The van der Waals surface area contributed by atoms with E-state index >= 15 is 0 Å². The number of carbonyl (C=O) groups is 4. The van der Waals surface area contributed by atoms with Crippen molar-refractivity contribution in [1.29, 1.82) is 0 Å². The number of carboxylic acid groups (broad SMARTS) is 1. The van der Waals surface area contributed by atoms with E-state index in [1.165, 1.54) is 6.20 Å². The number of aliphatic carboxylic acids is 1. The van der Waals surface area contributed by atoms with Gasteiger partial charge in [0.2, 0.25) is 0 Å². The smallest absolute Gasteiger partial charge is 0.412 e. The zero-order chi connectivity index (χ0) is 25.5. The van der Waals surface area contributed by atoms with E-state index in [0.717, 1.165) is 14.2 Å². The molecule has 0 radical (unpaired) electrons. The number of rotatable bonds is 8. The summed E-state index contributed by atoms with van der Waals surface area (Å²) < 4.78 is 14.5. The maximum Gasteiger partial charge on any atom is 0.412 e. The molecule has 11 heteroatoms. The summed E-state index contributed by atoms with van der Waals surface area (Å²) in [6.07, 6.45) is -0.804. The van der Waals surface area contributed by atoms with Crippen LogP contribution in [0, 0.1) is 5.41 Å². The van der Waals surface area contributed by atoms with E-state index in [1.54, 1.807) is 51.1 Å². The molecule has 0 bridgehead atoms. The average Bonchev–Trinajstić information content (AvgIpc) is 2.77. The molecule has 2 aromatic rings. The van der Waals surface area contributed by atoms with Crippen LogP contribution in [0.1, 0.15) is 33.0 Å². The molecule has 2 N–H and O–H groups in total. The van der Waals surface area contributed by atoms with Crippen LogP contribution in [0.25, 0.3) is 11.3 Å². The minimum Gasteiger partial charge on any atom is -0.480 e. The Morgan fingerprint density at radius 3 is 2.21 bits per heavy atom. The van der Waals surface area contributed by atoms with Crippen LogP contribution in [-0.4, -0.2) is 58.9 Å². The van der Waals surface area contributed by atoms with Crippen LogP contribution in [0.3, 0.4) is 0 Å². The number of carbonyl (C=O) groups excluding carboxylic acids is 3. The Bertz CT molecular complexity index is 1070. The lowest BCUT2D eigenvalue weighted by Crippen LogP contribution is -2.44. The summed E-state index contributed by atoms with van der Waals surface area (Å²) in [5.74, 6) is -3.72. The van der Waals surface area contributed by atoms with E-state index in [2.05, 4.69) is 24.8 Å². The lowest BCUT2D eigenvalue weighted by Gasteiger charge is -2.25. The van der Waals surface area contributed by atoms with Crippen molar-refractivity contribution in [2.24, 2.45) is 5.41 Å². The number of nitrogens with zero attached hydrogens (tertiary/aromatic N) is 2. The first-order chi connectivity index (χ1) is 15.9. The Hall–Kier alpha value is -4.02.